The average molecular weight is 117 g/mol. The molecule has 0 aromatic carbocycles. The van der Waals surface area contributed by atoms with Crippen LogP contribution in [0.15, 0.2) is 0 Å². The van der Waals surface area contributed by atoms with Gasteiger partial charge in [0.15, 0.2) is 0 Å². The molecule has 0 aliphatic carbocycles. The zero-order valence-electron chi connectivity index (χ0n) is 6.10. The molecule has 3 nitrogen and oxygen atoms in total. The Hall–Kier alpha value is -0.120. The summed E-state index contributed by atoms with van der Waals surface area (Å²) in [6.07, 6.45) is 0. The van der Waals surface area contributed by atoms with Gasteiger partial charge in [-0.15, -0.1) is 0 Å². The predicted octanol–water partition coefficient (Wildman–Crippen LogP) is -0.428. The first kappa shape index (κ1) is 7.88. The van der Waals surface area contributed by atoms with Crippen molar-refractivity contribution >= 4 is 0 Å². The number of rotatable bonds is 3. The Kier molecular flexibility index (Phi) is 3.77. The molecule has 0 aliphatic rings. The van der Waals surface area contributed by atoms with Crippen molar-refractivity contribution in [1.29, 1.82) is 0 Å². The van der Waals surface area contributed by atoms with Gasteiger partial charge in [-0.3, -0.25) is 4.90 Å². The van der Waals surface area contributed by atoms with E-state index in [0.29, 0.717) is 0 Å². The molecule has 0 amide bonds. The van der Waals surface area contributed by atoms with Crippen molar-refractivity contribution in [2.24, 2.45) is 0 Å². The number of hydrazine groups is 1. The lowest BCUT2D eigenvalue weighted by Crippen LogP contribution is -2.37. The Balaban J connectivity index is 2.93. The lowest BCUT2D eigenvalue weighted by Gasteiger charge is -2.15. The highest BCUT2D eigenvalue weighted by molar-refractivity contribution is 4.33. The molecule has 50 valence electrons. The summed E-state index contributed by atoms with van der Waals surface area (Å²) < 4.78 is 0. The third-order valence-corrected chi connectivity index (χ3v) is 0.703. The SMILES string of the molecule is CN(C)CNN(C)C. The van der Waals surface area contributed by atoms with Crippen LogP contribution in [-0.4, -0.2) is 44.8 Å². The molecule has 0 aromatic rings. The molecular weight excluding hydrogens is 102 g/mol. The zero-order valence-corrected chi connectivity index (χ0v) is 6.10. The summed E-state index contributed by atoms with van der Waals surface area (Å²) in [5.41, 5.74) is 3.10. The summed E-state index contributed by atoms with van der Waals surface area (Å²) in [5, 5.41) is 1.93. The molecule has 0 atom stereocenters. The Morgan fingerprint density at radius 2 is 1.62 bits per heavy atom. The van der Waals surface area contributed by atoms with Crippen LogP contribution >= 0.6 is 0 Å². The molecule has 0 saturated heterocycles. The third kappa shape index (κ3) is 5.88. The van der Waals surface area contributed by atoms with Gasteiger partial charge in [0.2, 0.25) is 0 Å². The van der Waals surface area contributed by atoms with Gasteiger partial charge in [-0.25, -0.2) is 10.4 Å². The third-order valence-electron chi connectivity index (χ3n) is 0.703. The van der Waals surface area contributed by atoms with E-state index in [1.807, 2.05) is 33.2 Å². The van der Waals surface area contributed by atoms with E-state index in [1.165, 1.54) is 0 Å². The van der Waals surface area contributed by atoms with Gasteiger partial charge in [0, 0.05) is 14.1 Å². The maximum atomic E-state index is 3.10. The lowest BCUT2D eigenvalue weighted by molar-refractivity contribution is 0.220. The Morgan fingerprint density at radius 1 is 1.12 bits per heavy atom. The Labute approximate surface area is 51.2 Å². The van der Waals surface area contributed by atoms with Crippen LogP contribution in [0.3, 0.4) is 0 Å². The minimum absolute atomic E-state index is 0.896. The molecule has 0 heterocycles. The van der Waals surface area contributed by atoms with Crippen molar-refractivity contribution in [3.63, 3.8) is 0 Å². The average Bonchev–Trinajstić information content (AvgIpc) is 1.61. The normalized spacial score (nSPS) is 11.2. The van der Waals surface area contributed by atoms with Crippen LogP contribution in [0, 0.1) is 0 Å². The molecule has 0 fully saturated rings. The molecule has 0 rings (SSSR count). The van der Waals surface area contributed by atoms with Crippen LogP contribution in [-0.2, 0) is 0 Å². The van der Waals surface area contributed by atoms with E-state index < -0.39 is 0 Å². The van der Waals surface area contributed by atoms with E-state index in [2.05, 4.69) is 10.3 Å². The van der Waals surface area contributed by atoms with Crippen molar-refractivity contribution in [2.45, 2.75) is 0 Å². The van der Waals surface area contributed by atoms with Crippen LogP contribution < -0.4 is 5.43 Å². The van der Waals surface area contributed by atoms with Crippen molar-refractivity contribution in [3.05, 3.63) is 0 Å². The van der Waals surface area contributed by atoms with E-state index in [-0.39, 0.29) is 0 Å². The van der Waals surface area contributed by atoms with Crippen molar-refractivity contribution in [1.82, 2.24) is 15.3 Å². The van der Waals surface area contributed by atoms with Gasteiger partial charge in [-0.1, -0.05) is 0 Å². The smallest absolute Gasteiger partial charge is 0.0612 e. The number of nitrogens with one attached hydrogen (secondary N) is 1. The summed E-state index contributed by atoms with van der Waals surface area (Å²) in [5.74, 6) is 0. The molecule has 0 spiro atoms. The van der Waals surface area contributed by atoms with Gasteiger partial charge < -0.3 is 0 Å². The van der Waals surface area contributed by atoms with Crippen LogP contribution in [0.2, 0.25) is 0 Å². The first-order valence-corrected chi connectivity index (χ1v) is 2.68. The van der Waals surface area contributed by atoms with Gasteiger partial charge in [0.05, 0.1) is 6.67 Å². The van der Waals surface area contributed by atoms with Crippen molar-refractivity contribution in [3.8, 4) is 0 Å². The van der Waals surface area contributed by atoms with Gasteiger partial charge in [0.25, 0.3) is 0 Å². The summed E-state index contributed by atoms with van der Waals surface area (Å²) >= 11 is 0. The van der Waals surface area contributed by atoms with Gasteiger partial charge in [0.1, 0.15) is 0 Å². The fraction of sp³-hybridized carbons (Fsp3) is 1.00. The van der Waals surface area contributed by atoms with Gasteiger partial charge in [-0.2, -0.15) is 0 Å². The minimum atomic E-state index is 0.896. The highest BCUT2D eigenvalue weighted by atomic mass is 15.5. The highest BCUT2D eigenvalue weighted by Crippen LogP contribution is 1.67. The molecule has 0 aliphatic heterocycles. The highest BCUT2D eigenvalue weighted by Gasteiger charge is 1.86. The standard InChI is InChI=1S/C5H15N3/c1-7(2)5-6-8(3)4/h6H,5H2,1-4H3. The fourth-order valence-electron chi connectivity index (χ4n) is 0.283. The van der Waals surface area contributed by atoms with Gasteiger partial charge >= 0.3 is 0 Å². The quantitative estimate of drug-likeness (QED) is 0.400. The number of nitrogens with zero attached hydrogens (tertiary/aromatic N) is 2. The maximum Gasteiger partial charge on any atom is 0.0612 e. The Morgan fingerprint density at radius 3 is 1.75 bits per heavy atom. The molecular formula is C5H15N3. The molecule has 0 aromatic heterocycles. The molecule has 1 N–H and O–H groups in total. The second-order valence-corrected chi connectivity index (χ2v) is 2.29. The largest absolute Gasteiger partial charge is 0.296 e. The molecule has 0 unspecified atom stereocenters. The van der Waals surface area contributed by atoms with E-state index in [0.717, 1.165) is 6.67 Å². The fourth-order valence-corrected chi connectivity index (χ4v) is 0.283. The molecule has 3 heteroatoms. The molecule has 0 radical (unpaired) electrons. The second-order valence-electron chi connectivity index (χ2n) is 2.29. The lowest BCUT2D eigenvalue weighted by atomic mass is 10.9. The Bertz CT molecular complexity index is 43.6. The van der Waals surface area contributed by atoms with Crippen LogP contribution in [0.25, 0.3) is 0 Å². The first-order valence-electron chi connectivity index (χ1n) is 2.68. The summed E-state index contributed by atoms with van der Waals surface area (Å²) in [6, 6.07) is 0. The van der Waals surface area contributed by atoms with E-state index >= 15 is 0 Å². The van der Waals surface area contributed by atoms with E-state index in [9.17, 15) is 0 Å². The van der Waals surface area contributed by atoms with Crippen molar-refractivity contribution < 1.29 is 0 Å². The number of hydrogen-bond donors (Lipinski definition) is 1. The van der Waals surface area contributed by atoms with Crippen molar-refractivity contribution in [2.75, 3.05) is 34.9 Å². The summed E-state index contributed by atoms with van der Waals surface area (Å²) in [4.78, 5) is 2.07. The maximum absolute atomic E-state index is 3.10. The molecule has 8 heavy (non-hydrogen) atoms. The molecule has 0 saturated carbocycles. The predicted molar refractivity (Wildman–Crippen MR) is 35.4 cm³/mol. The molecule has 0 bridgehead atoms. The zero-order chi connectivity index (χ0) is 6.57. The summed E-state index contributed by atoms with van der Waals surface area (Å²) in [6.45, 7) is 0.896. The van der Waals surface area contributed by atoms with Gasteiger partial charge in [-0.05, 0) is 14.1 Å². The number of hydrogen-bond acceptors (Lipinski definition) is 3. The van der Waals surface area contributed by atoms with Crippen LogP contribution in [0.4, 0.5) is 0 Å². The van der Waals surface area contributed by atoms with E-state index in [4.69, 9.17) is 0 Å². The van der Waals surface area contributed by atoms with E-state index in [1.54, 1.807) is 0 Å². The monoisotopic (exact) mass is 117 g/mol. The van der Waals surface area contributed by atoms with Crippen LogP contribution in [0.5, 0.6) is 0 Å². The first-order chi connectivity index (χ1) is 3.63. The summed E-state index contributed by atoms with van der Waals surface area (Å²) in [7, 11) is 8.00. The topological polar surface area (TPSA) is 18.5 Å². The van der Waals surface area contributed by atoms with Crippen LogP contribution in [0.1, 0.15) is 0 Å². The second kappa shape index (κ2) is 3.83. The minimum Gasteiger partial charge on any atom is -0.296 e.